The number of nitrogens with one attached hydrogen (secondary N) is 2. The van der Waals surface area contributed by atoms with Crippen LogP contribution >= 0.6 is 12.2 Å². The predicted molar refractivity (Wildman–Crippen MR) is 117 cm³/mol. The van der Waals surface area contributed by atoms with Crippen LogP contribution in [0.25, 0.3) is 0 Å². The molecule has 28 heavy (non-hydrogen) atoms. The van der Waals surface area contributed by atoms with Crippen molar-refractivity contribution < 1.29 is 14.3 Å². The Balaban J connectivity index is 1.81. The molecule has 0 atom stereocenters. The van der Waals surface area contributed by atoms with Crippen LogP contribution in [0.5, 0.6) is 11.5 Å². The van der Waals surface area contributed by atoms with E-state index in [9.17, 15) is 4.79 Å². The number of anilines is 1. The average molecular weight is 399 g/mol. The predicted octanol–water partition coefficient (Wildman–Crippen LogP) is 4.95. The first-order chi connectivity index (χ1) is 13.6. The van der Waals surface area contributed by atoms with E-state index in [0.717, 1.165) is 36.4 Å². The molecule has 2 N–H and O–H groups in total. The number of ether oxygens (including phenoxy) is 2. The van der Waals surface area contributed by atoms with Crippen LogP contribution in [0.1, 0.15) is 36.5 Å². The molecule has 2 aromatic rings. The molecule has 0 saturated heterocycles. The van der Waals surface area contributed by atoms with Crippen molar-refractivity contribution in [1.82, 2.24) is 5.32 Å². The highest BCUT2D eigenvalue weighted by Gasteiger charge is 2.08. The van der Waals surface area contributed by atoms with Gasteiger partial charge in [-0.25, -0.2) is 0 Å². The highest BCUT2D eigenvalue weighted by Crippen LogP contribution is 2.16. The van der Waals surface area contributed by atoms with E-state index >= 15 is 0 Å². The summed E-state index contributed by atoms with van der Waals surface area (Å²) >= 11 is 5.21. The minimum absolute atomic E-state index is 0.227. The van der Waals surface area contributed by atoms with Crippen molar-refractivity contribution in [3.8, 4) is 11.5 Å². The summed E-state index contributed by atoms with van der Waals surface area (Å²) in [5.41, 5.74) is 1.27. The van der Waals surface area contributed by atoms with Crippen molar-refractivity contribution in [2.24, 2.45) is 0 Å². The number of carbonyl (C=O) groups is 1. The van der Waals surface area contributed by atoms with Gasteiger partial charge in [0.2, 0.25) is 0 Å². The first-order valence-corrected chi connectivity index (χ1v) is 9.72. The van der Waals surface area contributed by atoms with Gasteiger partial charge in [0.15, 0.2) is 5.11 Å². The monoisotopic (exact) mass is 398 g/mol. The average Bonchev–Trinajstić information content (AvgIpc) is 2.71. The van der Waals surface area contributed by atoms with Crippen molar-refractivity contribution in [1.29, 1.82) is 0 Å². The molecule has 148 valence electrons. The third-order valence-corrected chi connectivity index (χ3v) is 4.04. The van der Waals surface area contributed by atoms with Crippen molar-refractivity contribution in [3.63, 3.8) is 0 Å². The lowest BCUT2D eigenvalue weighted by atomic mass is 10.2. The standard InChI is InChI=1S/C22H26N2O3S/c1-3-5-6-16-27-19-11-7-17(8-12-19)21(25)24-22(28)23-18-9-13-20(14-10-18)26-15-4-2/h4,7-14H,2-3,5-6,15-16H2,1H3,(H2,23,24,25,28). The molecule has 1 amide bonds. The summed E-state index contributed by atoms with van der Waals surface area (Å²) in [6.07, 6.45) is 5.02. The van der Waals surface area contributed by atoms with E-state index in [-0.39, 0.29) is 11.0 Å². The number of hydrogen-bond donors (Lipinski definition) is 2. The molecule has 0 aliphatic rings. The zero-order valence-electron chi connectivity index (χ0n) is 16.1. The van der Waals surface area contributed by atoms with Gasteiger partial charge < -0.3 is 14.8 Å². The first-order valence-electron chi connectivity index (χ1n) is 9.31. The molecule has 0 radical (unpaired) electrons. The molecule has 0 aliphatic carbocycles. The fourth-order valence-electron chi connectivity index (χ4n) is 2.37. The van der Waals surface area contributed by atoms with E-state index in [0.29, 0.717) is 18.8 Å². The molecule has 0 heterocycles. The molecule has 6 heteroatoms. The second kappa shape index (κ2) is 11.8. The number of rotatable bonds is 10. The summed E-state index contributed by atoms with van der Waals surface area (Å²) in [4.78, 5) is 12.3. The third kappa shape index (κ3) is 7.40. The molecule has 0 bridgehead atoms. The van der Waals surface area contributed by atoms with Gasteiger partial charge in [0.05, 0.1) is 6.61 Å². The van der Waals surface area contributed by atoms with E-state index in [1.54, 1.807) is 30.3 Å². The molecule has 0 spiro atoms. The van der Waals surface area contributed by atoms with E-state index < -0.39 is 0 Å². The Morgan fingerprint density at radius 1 is 1.04 bits per heavy atom. The van der Waals surface area contributed by atoms with Crippen LogP contribution < -0.4 is 20.1 Å². The molecule has 0 aliphatic heterocycles. The summed E-state index contributed by atoms with van der Waals surface area (Å²) < 4.78 is 11.1. The van der Waals surface area contributed by atoms with Gasteiger partial charge in [0.25, 0.3) is 5.91 Å². The summed E-state index contributed by atoms with van der Waals surface area (Å²) in [6, 6.07) is 14.3. The molecule has 0 unspecified atom stereocenters. The van der Waals surface area contributed by atoms with Gasteiger partial charge in [-0.1, -0.05) is 32.4 Å². The zero-order chi connectivity index (χ0) is 20.2. The van der Waals surface area contributed by atoms with Crippen molar-refractivity contribution in [2.45, 2.75) is 26.2 Å². The number of benzene rings is 2. The van der Waals surface area contributed by atoms with Crippen LogP contribution in [-0.4, -0.2) is 24.2 Å². The molecule has 2 rings (SSSR count). The Bertz CT molecular complexity index is 773. The normalized spacial score (nSPS) is 10.0. The van der Waals surface area contributed by atoms with Crippen LogP contribution in [0.4, 0.5) is 5.69 Å². The quantitative estimate of drug-likeness (QED) is 0.337. The summed E-state index contributed by atoms with van der Waals surface area (Å²) in [6.45, 7) is 6.89. The maximum absolute atomic E-state index is 12.3. The van der Waals surface area contributed by atoms with Crippen LogP contribution in [-0.2, 0) is 0 Å². The van der Waals surface area contributed by atoms with Gasteiger partial charge in [-0.15, -0.1) is 0 Å². The molecule has 0 aromatic heterocycles. The number of unbranched alkanes of at least 4 members (excludes halogenated alkanes) is 2. The smallest absolute Gasteiger partial charge is 0.257 e. The van der Waals surface area contributed by atoms with E-state index in [2.05, 4.69) is 24.1 Å². The molecule has 5 nitrogen and oxygen atoms in total. The third-order valence-electron chi connectivity index (χ3n) is 3.84. The van der Waals surface area contributed by atoms with Crippen molar-refractivity contribution in [2.75, 3.05) is 18.5 Å². The van der Waals surface area contributed by atoms with Gasteiger partial charge in [-0.05, 0) is 67.2 Å². The fourth-order valence-corrected chi connectivity index (χ4v) is 2.58. The van der Waals surface area contributed by atoms with Gasteiger partial charge >= 0.3 is 0 Å². The lowest BCUT2D eigenvalue weighted by molar-refractivity contribution is 0.0977. The van der Waals surface area contributed by atoms with Gasteiger partial charge in [-0.2, -0.15) is 0 Å². The Morgan fingerprint density at radius 3 is 2.32 bits per heavy atom. The minimum Gasteiger partial charge on any atom is -0.494 e. The lowest BCUT2D eigenvalue weighted by Crippen LogP contribution is -2.34. The van der Waals surface area contributed by atoms with Crippen LogP contribution in [0.15, 0.2) is 61.2 Å². The largest absolute Gasteiger partial charge is 0.494 e. The second-order valence-electron chi connectivity index (χ2n) is 6.11. The minimum atomic E-state index is -0.277. The zero-order valence-corrected chi connectivity index (χ0v) is 16.9. The van der Waals surface area contributed by atoms with Crippen molar-refractivity contribution >= 4 is 28.9 Å². The maximum atomic E-state index is 12.3. The maximum Gasteiger partial charge on any atom is 0.257 e. The fraction of sp³-hybridized carbons (Fsp3) is 0.273. The molecule has 0 fully saturated rings. The SMILES string of the molecule is C=CCOc1ccc(NC(=S)NC(=O)c2ccc(OCCCCC)cc2)cc1. The lowest BCUT2D eigenvalue weighted by Gasteiger charge is -2.11. The Kier molecular flexibility index (Phi) is 9.01. The molecular weight excluding hydrogens is 372 g/mol. The highest BCUT2D eigenvalue weighted by atomic mass is 32.1. The number of amides is 1. The summed E-state index contributed by atoms with van der Waals surface area (Å²) in [7, 11) is 0. The van der Waals surface area contributed by atoms with Gasteiger partial charge in [0, 0.05) is 11.3 Å². The summed E-state index contributed by atoms with van der Waals surface area (Å²) in [5, 5.41) is 5.87. The van der Waals surface area contributed by atoms with Crippen LogP contribution in [0, 0.1) is 0 Å². The van der Waals surface area contributed by atoms with E-state index in [1.165, 1.54) is 0 Å². The number of thiocarbonyl (C=S) groups is 1. The van der Waals surface area contributed by atoms with Gasteiger partial charge in [-0.3, -0.25) is 10.1 Å². The first kappa shape index (κ1) is 21.4. The van der Waals surface area contributed by atoms with E-state index in [1.807, 2.05) is 24.3 Å². The van der Waals surface area contributed by atoms with E-state index in [4.69, 9.17) is 21.7 Å². The Hall–Kier alpha value is -2.86. The Morgan fingerprint density at radius 2 is 1.68 bits per heavy atom. The molecule has 0 saturated carbocycles. The number of carbonyl (C=O) groups excluding carboxylic acids is 1. The van der Waals surface area contributed by atoms with Crippen molar-refractivity contribution in [3.05, 3.63) is 66.7 Å². The van der Waals surface area contributed by atoms with Gasteiger partial charge in [0.1, 0.15) is 18.1 Å². The topological polar surface area (TPSA) is 59.6 Å². The summed E-state index contributed by atoms with van der Waals surface area (Å²) in [5.74, 6) is 1.21. The number of hydrogen-bond acceptors (Lipinski definition) is 4. The Labute approximate surface area is 171 Å². The highest BCUT2D eigenvalue weighted by molar-refractivity contribution is 7.80. The molecular formula is C22H26N2O3S. The molecule has 2 aromatic carbocycles. The van der Waals surface area contributed by atoms with Crippen LogP contribution in [0.3, 0.4) is 0 Å². The second-order valence-corrected chi connectivity index (χ2v) is 6.52. The van der Waals surface area contributed by atoms with Crippen LogP contribution in [0.2, 0.25) is 0 Å².